The first-order chi connectivity index (χ1) is 8.78. The van der Waals surface area contributed by atoms with Crippen molar-refractivity contribution in [3.63, 3.8) is 0 Å². The lowest BCUT2D eigenvalue weighted by Gasteiger charge is -2.14. The van der Waals surface area contributed by atoms with Gasteiger partial charge in [-0.25, -0.2) is 21.9 Å². The molecule has 0 radical (unpaired) electrons. The van der Waals surface area contributed by atoms with Crippen LogP contribution in [0.3, 0.4) is 0 Å². The van der Waals surface area contributed by atoms with Gasteiger partial charge in [-0.05, 0) is 17.7 Å². The molecule has 1 rings (SSSR count). The quantitative estimate of drug-likeness (QED) is 0.800. The predicted octanol–water partition coefficient (Wildman–Crippen LogP) is 0.572. The van der Waals surface area contributed by atoms with Crippen LogP contribution in [0.15, 0.2) is 24.3 Å². The normalized spacial score (nSPS) is 12.1. The fourth-order valence-electron chi connectivity index (χ4n) is 1.23. The lowest BCUT2D eigenvalue weighted by atomic mass is 10.2. The smallest absolute Gasteiger partial charge is 0.273 e. The number of benzene rings is 1. The van der Waals surface area contributed by atoms with Crippen LogP contribution in [0.1, 0.15) is 11.1 Å². The molecule has 1 aromatic rings. The maximum Gasteiger partial charge on any atom is 0.273 e. The Morgan fingerprint density at radius 2 is 1.89 bits per heavy atom. The second-order valence-electron chi connectivity index (χ2n) is 3.95. The Labute approximate surface area is 110 Å². The molecule has 0 spiro atoms. The molecule has 19 heavy (non-hydrogen) atoms. The van der Waals surface area contributed by atoms with E-state index in [0.29, 0.717) is 11.1 Å². The number of hydrogen-bond acceptors (Lipinski definition) is 4. The van der Waals surface area contributed by atoms with Crippen LogP contribution in [0, 0.1) is 11.3 Å². The van der Waals surface area contributed by atoms with Crippen molar-refractivity contribution in [2.75, 3.05) is 13.1 Å². The molecular weight excluding hydrogens is 276 g/mol. The molecule has 0 amide bonds. The number of halogens is 2. The van der Waals surface area contributed by atoms with Crippen molar-refractivity contribution in [3.8, 4) is 6.07 Å². The number of rotatable bonds is 6. The van der Waals surface area contributed by atoms with Gasteiger partial charge in [0.1, 0.15) is 0 Å². The fraction of sp³-hybridized carbons (Fsp3) is 0.364. The van der Waals surface area contributed by atoms with Crippen LogP contribution in [0.25, 0.3) is 0 Å². The van der Waals surface area contributed by atoms with Crippen LogP contribution in [0.4, 0.5) is 8.78 Å². The van der Waals surface area contributed by atoms with E-state index in [0.717, 1.165) is 0 Å². The monoisotopic (exact) mass is 289 g/mol. The molecule has 5 nitrogen and oxygen atoms in total. The molecule has 3 N–H and O–H groups in total. The van der Waals surface area contributed by atoms with Gasteiger partial charge in [-0.1, -0.05) is 12.1 Å². The van der Waals surface area contributed by atoms with Crippen molar-refractivity contribution in [1.29, 1.82) is 5.26 Å². The van der Waals surface area contributed by atoms with E-state index < -0.39 is 34.8 Å². The minimum absolute atomic E-state index is 0.392. The zero-order chi connectivity index (χ0) is 14.5. The topological polar surface area (TPSA) is 96.0 Å². The predicted molar refractivity (Wildman–Crippen MR) is 65.8 cm³/mol. The molecule has 0 fully saturated rings. The number of nitriles is 1. The van der Waals surface area contributed by atoms with Gasteiger partial charge in [0.05, 0.1) is 30.5 Å². The average Bonchev–Trinajstić information content (AvgIpc) is 2.37. The summed E-state index contributed by atoms with van der Waals surface area (Å²) in [6, 6.07) is 7.72. The Hall–Kier alpha value is -1.56. The van der Waals surface area contributed by atoms with Crippen molar-refractivity contribution < 1.29 is 17.2 Å². The van der Waals surface area contributed by atoms with Crippen molar-refractivity contribution in [3.05, 3.63) is 35.4 Å². The summed E-state index contributed by atoms with van der Waals surface area (Å²) in [6.07, 6.45) is 0. The first-order valence-electron chi connectivity index (χ1n) is 5.32. The summed E-state index contributed by atoms with van der Waals surface area (Å²) in [5, 5.41) is 8.59. The molecule has 0 aromatic heterocycles. The minimum Gasteiger partial charge on any atom is -0.325 e. The molecule has 0 atom stereocenters. The van der Waals surface area contributed by atoms with Crippen LogP contribution >= 0.6 is 0 Å². The van der Waals surface area contributed by atoms with Gasteiger partial charge in [0.2, 0.25) is 10.0 Å². The van der Waals surface area contributed by atoms with Crippen molar-refractivity contribution in [1.82, 2.24) is 4.72 Å². The SMILES string of the molecule is N#Cc1ccc(CS(=O)(=O)NCC(F)(F)CN)cc1. The number of sulfonamides is 1. The van der Waals surface area contributed by atoms with Gasteiger partial charge in [0, 0.05) is 0 Å². The van der Waals surface area contributed by atoms with Crippen molar-refractivity contribution in [2.45, 2.75) is 11.7 Å². The Bertz CT molecular complexity index is 565. The molecule has 104 valence electrons. The van der Waals surface area contributed by atoms with Gasteiger partial charge < -0.3 is 5.73 Å². The maximum atomic E-state index is 12.8. The molecule has 0 aliphatic rings. The molecule has 0 heterocycles. The third-order valence-electron chi connectivity index (χ3n) is 2.29. The summed E-state index contributed by atoms with van der Waals surface area (Å²) in [7, 11) is -3.87. The highest BCUT2D eigenvalue weighted by Gasteiger charge is 2.28. The molecular formula is C11H13F2N3O2S. The standard InChI is InChI=1S/C11H13F2N3O2S/c12-11(13,7-15)8-16-19(17,18)6-10-3-1-9(5-14)2-4-10/h1-4,16H,6-8,15H2. The lowest BCUT2D eigenvalue weighted by molar-refractivity contribution is 0.0170. The van der Waals surface area contributed by atoms with E-state index in [1.54, 1.807) is 4.72 Å². The molecule has 8 heteroatoms. The van der Waals surface area contributed by atoms with Crippen molar-refractivity contribution >= 4 is 10.0 Å². The van der Waals surface area contributed by atoms with Gasteiger partial charge in [-0.15, -0.1) is 0 Å². The molecule has 0 saturated carbocycles. The zero-order valence-electron chi connectivity index (χ0n) is 9.94. The Balaban J connectivity index is 2.66. The third kappa shape index (κ3) is 5.30. The highest BCUT2D eigenvalue weighted by molar-refractivity contribution is 7.88. The molecule has 0 aliphatic carbocycles. The molecule has 0 bridgehead atoms. The van der Waals surface area contributed by atoms with Crippen LogP contribution in [-0.2, 0) is 15.8 Å². The number of alkyl halides is 2. The molecule has 0 aliphatic heterocycles. The average molecular weight is 289 g/mol. The van der Waals surface area contributed by atoms with Crippen molar-refractivity contribution in [2.24, 2.45) is 5.73 Å². The summed E-state index contributed by atoms with van der Waals surface area (Å²) in [5.74, 6) is -3.70. The first kappa shape index (κ1) is 15.5. The number of nitrogens with two attached hydrogens (primary N) is 1. The molecule has 1 aromatic carbocycles. The number of hydrogen-bond donors (Lipinski definition) is 2. The van der Waals surface area contributed by atoms with E-state index in [2.05, 4.69) is 0 Å². The number of nitrogens with zero attached hydrogens (tertiary/aromatic N) is 1. The van der Waals surface area contributed by atoms with Gasteiger partial charge in [0.15, 0.2) is 0 Å². The summed E-state index contributed by atoms with van der Waals surface area (Å²) < 4.78 is 50.6. The summed E-state index contributed by atoms with van der Waals surface area (Å²) in [6.45, 7) is -1.95. The van der Waals surface area contributed by atoms with Gasteiger partial charge in [0.25, 0.3) is 5.92 Å². The maximum absolute atomic E-state index is 12.8. The van der Waals surface area contributed by atoms with Gasteiger partial charge >= 0.3 is 0 Å². The summed E-state index contributed by atoms with van der Waals surface area (Å²) >= 11 is 0. The number of nitrogens with one attached hydrogen (secondary N) is 1. The third-order valence-corrected chi connectivity index (χ3v) is 3.59. The largest absolute Gasteiger partial charge is 0.325 e. The van der Waals surface area contributed by atoms with Crippen LogP contribution in [-0.4, -0.2) is 27.4 Å². The zero-order valence-corrected chi connectivity index (χ0v) is 10.8. The van der Waals surface area contributed by atoms with Crippen LogP contribution in [0.5, 0.6) is 0 Å². The van der Waals surface area contributed by atoms with E-state index >= 15 is 0 Å². The highest BCUT2D eigenvalue weighted by atomic mass is 32.2. The molecule has 0 unspecified atom stereocenters. The Morgan fingerprint density at radius 3 is 2.37 bits per heavy atom. The van der Waals surface area contributed by atoms with Gasteiger partial charge in [-0.3, -0.25) is 0 Å². The Kier molecular flexibility index (Phi) is 4.94. The molecule has 0 saturated heterocycles. The van der Waals surface area contributed by atoms with E-state index in [1.165, 1.54) is 24.3 Å². The van der Waals surface area contributed by atoms with Crippen LogP contribution < -0.4 is 10.5 Å². The van der Waals surface area contributed by atoms with E-state index in [-0.39, 0.29) is 0 Å². The highest BCUT2D eigenvalue weighted by Crippen LogP contribution is 2.11. The second kappa shape index (κ2) is 6.06. The first-order valence-corrected chi connectivity index (χ1v) is 6.97. The van der Waals surface area contributed by atoms with Gasteiger partial charge in [-0.2, -0.15) is 5.26 Å². The van der Waals surface area contributed by atoms with E-state index in [1.807, 2.05) is 6.07 Å². The minimum atomic E-state index is -3.87. The second-order valence-corrected chi connectivity index (χ2v) is 5.76. The fourth-order valence-corrected chi connectivity index (χ4v) is 2.40. The van der Waals surface area contributed by atoms with Crippen LogP contribution in [0.2, 0.25) is 0 Å². The Morgan fingerprint density at radius 1 is 1.32 bits per heavy atom. The van der Waals surface area contributed by atoms with E-state index in [9.17, 15) is 17.2 Å². The summed E-state index contributed by atoms with van der Waals surface area (Å²) in [5.41, 5.74) is 5.60. The lowest BCUT2D eigenvalue weighted by Crippen LogP contribution is -2.41. The van der Waals surface area contributed by atoms with E-state index in [4.69, 9.17) is 11.0 Å². The summed E-state index contributed by atoms with van der Waals surface area (Å²) in [4.78, 5) is 0.